The highest BCUT2D eigenvalue weighted by Crippen LogP contribution is 2.37. The fourth-order valence-corrected chi connectivity index (χ4v) is 4.61. The van der Waals surface area contributed by atoms with Crippen molar-refractivity contribution in [2.45, 2.75) is 6.92 Å². The Morgan fingerprint density at radius 1 is 1.26 bits per heavy atom. The van der Waals surface area contributed by atoms with Gasteiger partial charge in [0.1, 0.15) is 22.9 Å². The molecule has 0 saturated carbocycles. The molecule has 0 unspecified atom stereocenters. The first-order valence-electron chi connectivity index (χ1n) is 9.99. The Kier molecular flexibility index (Phi) is 6.45. The van der Waals surface area contributed by atoms with Crippen LogP contribution in [0.1, 0.15) is 15.9 Å². The Bertz CT molecular complexity index is 1100. The summed E-state index contributed by atoms with van der Waals surface area (Å²) >= 11 is 1.35. The zero-order valence-electron chi connectivity index (χ0n) is 17.4. The molecule has 4 rings (SSSR count). The molecule has 0 spiro atoms. The number of aryl methyl sites for hydroxylation is 1. The summed E-state index contributed by atoms with van der Waals surface area (Å²) in [5.74, 6) is -1.57. The first-order valence-corrected chi connectivity index (χ1v) is 10.8. The Balaban J connectivity index is 1.71. The maximum absolute atomic E-state index is 14.4. The molecular formula is C22H23F2N3O3S. The van der Waals surface area contributed by atoms with Crippen molar-refractivity contribution in [2.24, 2.45) is 0 Å². The van der Waals surface area contributed by atoms with E-state index in [1.165, 1.54) is 22.3 Å². The average Bonchev–Trinajstić information content (AvgIpc) is 3.21. The smallest absolute Gasteiger partial charge is 0.263 e. The summed E-state index contributed by atoms with van der Waals surface area (Å²) in [5.41, 5.74) is 1.48. The van der Waals surface area contributed by atoms with Crippen LogP contribution in [0.3, 0.4) is 0 Å². The Morgan fingerprint density at radius 2 is 2.03 bits per heavy atom. The molecule has 0 bridgehead atoms. The van der Waals surface area contributed by atoms with Crippen LogP contribution in [-0.4, -0.2) is 62.3 Å². The molecule has 1 aliphatic rings. The number of aromatic nitrogens is 1. The summed E-state index contributed by atoms with van der Waals surface area (Å²) in [4.78, 5) is 21.6. The second-order valence-electron chi connectivity index (χ2n) is 7.29. The second kappa shape index (κ2) is 9.25. The van der Waals surface area contributed by atoms with Crippen molar-refractivity contribution in [1.29, 1.82) is 0 Å². The van der Waals surface area contributed by atoms with E-state index in [1.807, 2.05) is 19.1 Å². The van der Waals surface area contributed by atoms with Gasteiger partial charge in [-0.3, -0.25) is 14.6 Å². The lowest BCUT2D eigenvalue weighted by molar-refractivity contribution is 0.0391. The van der Waals surface area contributed by atoms with Crippen LogP contribution in [0.5, 0.6) is 5.75 Å². The number of amides is 1. The largest absolute Gasteiger partial charge is 0.494 e. The molecular weight excluding hydrogens is 424 g/mol. The van der Waals surface area contributed by atoms with Crippen molar-refractivity contribution in [3.05, 3.63) is 53.1 Å². The SMILES string of the molecule is COc1ccc(C)c2sc(N(CCN3CCOCC3)C(=O)c3ccc(F)cc3F)nc12. The number of nitrogens with zero attached hydrogens (tertiary/aromatic N) is 3. The van der Waals surface area contributed by atoms with E-state index in [1.54, 1.807) is 7.11 Å². The number of hydrogen-bond donors (Lipinski definition) is 0. The minimum atomic E-state index is -0.892. The molecule has 6 nitrogen and oxygen atoms in total. The maximum atomic E-state index is 14.4. The Labute approximate surface area is 183 Å². The number of thiazole rings is 1. The number of carbonyl (C=O) groups is 1. The van der Waals surface area contributed by atoms with Gasteiger partial charge < -0.3 is 9.47 Å². The molecule has 1 fully saturated rings. The quantitative estimate of drug-likeness (QED) is 0.574. The van der Waals surface area contributed by atoms with Crippen LogP contribution < -0.4 is 9.64 Å². The van der Waals surface area contributed by atoms with Crippen LogP contribution in [0.15, 0.2) is 30.3 Å². The number of carbonyl (C=O) groups excluding carboxylic acids is 1. The highest BCUT2D eigenvalue weighted by atomic mass is 32.1. The molecule has 2 aromatic carbocycles. The van der Waals surface area contributed by atoms with Gasteiger partial charge in [-0.2, -0.15) is 0 Å². The first kappa shape index (κ1) is 21.6. The van der Waals surface area contributed by atoms with Crippen molar-refractivity contribution in [1.82, 2.24) is 9.88 Å². The van der Waals surface area contributed by atoms with Crippen molar-refractivity contribution >= 4 is 32.6 Å². The number of ether oxygens (including phenoxy) is 2. The lowest BCUT2D eigenvalue weighted by atomic mass is 10.2. The van der Waals surface area contributed by atoms with E-state index < -0.39 is 17.5 Å². The number of fused-ring (bicyclic) bond motifs is 1. The zero-order chi connectivity index (χ0) is 22.0. The number of morpholine rings is 1. The Morgan fingerprint density at radius 3 is 2.74 bits per heavy atom. The van der Waals surface area contributed by atoms with Gasteiger partial charge in [0.05, 0.1) is 30.6 Å². The highest BCUT2D eigenvalue weighted by molar-refractivity contribution is 7.22. The van der Waals surface area contributed by atoms with E-state index in [4.69, 9.17) is 9.47 Å². The molecule has 0 radical (unpaired) electrons. The number of hydrogen-bond acceptors (Lipinski definition) is 6. The van der Waals surface area contributed by atoms with E-state index in [2.05, 4.69) is 9.88 Å². The number of rotatable bonds is 6. The molecule has 31 heavy (non-hydrogen) atoms. The monoisotopic (exact) mass is 447 g/mol. The standard InChI is InChI=1S/C22H23F2N3O3S/c1-14-3-6-18(29-2)19-20(14)31-22(25-19)27(8-7-26-9-11-30-12-10-26)21(28)16-5-4-15(23)13-17(16)24/h3-6,13H,7-12H2,1-2H3. The summed E-state index contributed by atoms with van der Waals surface area (Å²) in [6, 6.07) is 6.75. The topological polar surface area (TPSA) is 54.9 Å². The van der Waals surface area contributed by atoms with Gasteiger partial charge in [0.15, 0.2) is 5.13 Å². The molecule has 9 heteroatoms. The highest BCUT2D eigenvalue weighted by Gasteiger charge is 2.26. The van der Waals surface area contributed by atoms with Crippen molar-refractivity contribution in [3.8, 4) is 5.75 Å². The zero-order valence-corrected chi connectivity index (χ0v) is 18.2. The minimum absolute atomic E-state index is 0.189. The van der Waals surface area contributed by atoms with E-state index in [9.17, 15) is 13.6 Å². The predicted molar refractivity (Wildman–Crippen MR) is 116 cm³/mol. The van der Waals surface area contributed by atoms with Gasteiger partial charge in [-0.15, -0.1) is 0 Å². The fraction of sp³-hybridized carbons (Fsp3) is 0.364. The van der Waals surface area contributed by atoms with E-state index >= 15 is 0 Å². The van der Waals surface area contributed by atoms with Crippen molar-refractivity contribution < 1.29 is 23.0 Å². The van der Waals surface area contributed by atoms with E-state index in [0.717, 1.165) is 35.5 Å². The minimum Gasteiger partial charge on any atom is -0.494 e. The van der Waals surface area contributed by atoms with Gasteiger partial charge in [0.25, 0.3) is 5.91 Å². The van der Waals surface area contributed by atoms with E-state index in [0.29, 0.717) is 42.7 Å². The van der Waals surface area contributed by atoms with Gasteiger partial charge in [0, 0.05) is 32.2 Å². The van der Waals surface area contributed by atoms with Gasteiger partial charge in [-0.05, 0) is 30.7 Å². The third-order valence-electron chi connectivity index (χ3n) is 5.29. The van der Waals surface area contributed by atoms with Crippen LogP contribution in [0.2, 0.25) is 0 Å². The third kappa shape index (κ3) is 4.53. The normalized spacial score (nSPS) is 14.7. The fourth-order valence-electron chi connectivity index (χ4n) is 3.54. The van der Waals surface area contributed by atoms with Gasteiger partial charge >= 0.3 is 0 Å². The molecule has 3 aromatic rings. The molecule has 2 heterocycles. The summed E-state index contributed by atoms with van der Waals surface area (Å²) < 4.78 is 39.5. The molecule has 1 aromatic heterocycles. The molecule has 164 valence electrons. The lowest BCUT2D eigenvalue weighted by Crippen LogP contribution is -2.43. The average molecular weight is 448 g/mol. The third-order valence-corrected chi connectivity index (χ3v) is 6.51. The molecule has 1 aliphatic heterocycles. The second-order valence-corrected chi connectivity index (χ2v) is 8.27. The number of methoxy groups -OCH3 is 1. The van der Waals surface area contributed by atoms with Gasteiger partial charge in [0.2, 0.25) is 0 Å². The molecule has 1 amide bonds. The van der Waals surface area contributed by atoms with Crippen LogP contribution in [0, 0.1) is 18.6 Å². The molecule has 1 saturated heterocycles. The predicted octanol–water partition coefficient (Wildman–Crippen LogP) is 3.87. The van der Waals surface area contributed by atoms with Crippen molar-refractivity contribution in [3.63, 3.8) is 0 Å². The number of anilines is 1. The number of benzene rings is 2. The van der Waals surface area contributed by atoms with Crippen LogP contribution in [0.25, 0.3) is 10.2 Å². The lowest BCUT2D eigenvalue weighted by Gasteiger charge is -2.29. The summed E-state index contributed by atoms with van der Waals surface area (Å²) in [5, 5.41) is 0.449. The molecule has 0 N–H and O–H groups in total. The van der Waals surface area contributed by atoms with Crippen LogP contribution in [-0.2, 0) is 4.74 Å². The first-order chi connectivity index (χ1) is 15.0. The summed E-state index contributed by atoms with van der Waals surface area (Å²) in [6.07, 6.45) is 0. The van der Waals surface area contributed by atoms with Crippen LogP contribution in [0.4, 0.5) is 13.9 Å². The Hall–Kier alpha value is -2.62. The summed E-state index contributed by atoms with van der Waals surface area (Å²) in [6.45, 7) is 5.67. The summed E-state index contributed by atoms with van der Waals surface area (Å²) in [7, 11) is 1.57. The van der Waals surface area contributed by atoms with E-state index in [-0.39, 0.29) is 5.56 Å². The number of halogens is 2. The van der Waals surface area contributed by atoms with Gasteiger partial charge in [-0.25, -0.2) is 13.8 Å². The maximum Gasteiger partial charge on any atom is 0.263 e. The van der Waals surface area contributed by atoms with Crippen LogP contribution >= 0.6 is 11.3 Å². The molecule has 0 atom stereocenters. The molecule has 0 aliphatic carbocycles. The van der Waals surface area contributed by atoms with Gasteiger partial charge in [-0.1, -0.05) is 17.4 Å². The van der Waals surface area contributed by atoms with Crippen molar-refractivity contribution in [2.75, 3.05) is 51.4 Å².